The highest BCUT2D eigenvalue weighted by Gasteiger charge is 2.35. The Morgan fingerprint density at radius 2 is 2.22 bits per heavy atom. The lowest BCUT2D eigenvalue weighted by Gasteiger charge is -2.34. The molecule has 1 N–H and O–H groups in total. The van der Waals surface area contributed by atoms with Crippen LogP contribution < -0.4 is 10.9 Å². The van der Waals surface area contributed by atoms with Crippen molar-refractivity contribution in [2.45, 2.75) is 46.2 Å². The van der Waals surface area contributed by atoms with Crippen molar-refractivity contribution in [2.75, 3.05) is 0 Å². The smallest absolute Gasteiger partial charge is 0.264 e. The molecule has 1 aliphatic rings. The van der Waals surface area contributed by atoms with Crippen LogP contribution >= 0.6 is 0 Å². The van der Waals surface area contributed by atoms with Crippen molar-refractivity contribution in [1.82, 2.24) is 24.6 Å². The molecule has 0 fully saturated rings. The third-order valence-electron chi connectivity index (χ3n) is 5.10. The van der Waals surface area contributed by atoms with Gasteiger partial charge in [-0.2, -0.15) is 5.10 Å². The SMILES string of the molecule is Cc1cc2c(o1)CC(C)(C)CC2NC(=O)Cn1cnc2c(cnn2C)c1=O. The van der Waals surface area contributed by atoms with Crippen LogP contribution in [0.4, 0.5) is 0 Å². The number of carbonyl (C=O) groups is 1. The van der Waals surface area contributed by atoms with E-state index in [-0.39, 0.29) is 29.5 Å². The van der Waals surface area contributed by atoms with Gasteiger partial charge < -0.3 is 9.73 Å². The number of aromatic nitrogens is 4. The minimum atomic E-state index is -0.271. The summed E-state index contributed by atoms with van der Waals surface area (Å²) in [6.45, 7) is 6.16. The molecular formula is C19H23N5O3. The van der Waals surface area contributed by atoms with E-state index in [2.05, 4.69) is 29.2 Å². The summed E-state index contributed by atoms with van der Waals surface area (Å²) in [5.41, 5.74) is 1.30. The summed E-state index contributed by atoms with van der Waals surface area (Å²) in [7, 11) is 1.72. The molecule has 0 spiro atoms. The summed E-state index contributed by atoms with van der Waals surface area (Å²) in [4.78, 5) is 29.4. The van der Waals surface area contributed by atoms with Crippen molar-refractivity contribution in [2.24, 2.45) is 12.5 Å². The Kier molecular flexibility index (Phi) is 3.94. The summed E-state index contributed by atoms with van der Waals surface area (Å²) < 4.78 is 8.67. The molecule has 0 aliphatic heterocycles. The molecule has 8 nitrogen and oxygen atoms in total. The van der Waals surface area contributed by atoms with Crippen LogP contribution in [0.3, 0.4) is 0 Å². The standard InChI is InChI=1S/C19H23N5O3/c1-11-5-12-14(6-19(2,3)7-15(12)27-11)22-16(25)9-24-10-20-17-13(18(24)26)8-21-23(17)4/h5,8,10,14H,6-7,9H2,1-4H3,(H,22,25). The number of carbonyl (C=O) groups excluding carboxylic acids is 1. The van der Waals surface area contributed by atoms with E-state index in [1.807, 2.05) is 13.0 Å². The Morgan fingerprint density at radius 3 is 3.00 bits per heavy atom. The van der Waals surface area contributed by atoms with Gasteiger partial charge in [0.15, 0.2) is 5.65 Å². The lowest BCUT2D eigenvalue weighted by atomic mass is 9.74. The van der Waals surface area contributed by atoms with Gasteiger partial charge in [-0.25, -0.2) is 4.98 Å². The van der Waals surface area contributed by atoms with Crippen LogP contribution in [-0.4, -0.2) is 25.2 Å². The predicted octanol–water partition coefficient (Wildman–Crippen LogP) is 1.86. The van der Waals surface area contributed by atoms with E-state index in [1.54, 1.807) is 7.05 Å². The fraction of sp³-hybridized carbons (Fsp3) is 0.474. The van der Waals surface area contributed by atoms with E-state index < -0.39 is 0 Å². The molecule has 3 aromatic rings. The average Bonchev–Trinajstić information content (AvgIpc) is 3.12. The van der Waals surface area contributed by atoms with Gasteiger partial charge in [-0.05, 0) is 24.8 Å². The van der Waals surface area contributed by atoms with Gasteiger partial charge in [-0.3, -0.25) is 18.8 Å². The average molecular weight is 369 g/mol. The first-order chi connectivity index (χ1) is 12.7. The summed E-state index contributed by atoms with van der Waals surface area (Å²) >= 11 is 0. The Bertz CT molecular complexity index is 1090. The maximum atomic E-state index is 12.7. The van der Waals surface area contributed by atoms with Crippen LogP contribution in [-0.2, 0) is 24.8 Å². The van der Waals surface area contributed by atoms with Crippen LogP contribution in [0.2, 0.25) is 0 Å². The third kappa shape index (κ3) is 3.15. The second-order valence-electron chi connectivity index (χ2n) is 8.08. The van der Waals surface area contributed by atoms with Gasteiger partial charge in [0.05, 0.1) is 12.2 Å². The first-order valence-corrected chi connectivity index (χ1v) is 8.99. The fourth-order valence-corrected chi connectivity index (χ4v) is 3.89. The highest BCUT2D eigenvalue weighted by atomic mass is 16.3. The van der Waals surface area contributed by atoms with Gasteiger partial charge >= 0.3 is 0 Å². The van der Waals surface area contributed by atoms with Gasteiger partial charge in [0.25, 0.3) is 5.56 Å². The number of rotatable bonds is 3. The van der Waals surface area contributed by atoms with E-state index in [0.717, 1.165) is 29.9 Å². The van der Waals surface area contributed by atoms with Crippen molar-refractivity contribution in [3.63, 3.8) is 0 Å². The molecule has 1 amide bonds. The van der Waals surface area contributed by atoms with E-state index in [9.17, 15) is 9.59 Å². The number of amides is 1. The molecule has 27 heavy (non-hydrogen) atoms. The normalized spacial score (nSPS) is 18.4. The number of nitrogens with one attached hydrogen (secondary N) is 1. The number of furan rings is 1. The minimum Gasteiger partial charge on any atom is -0.466 e. The van der Waals surface area contributed by atoms with Crippen molar-refractivity contribution in [3.8, 4) is 0 Å². The highest BCUT2D eigenvalue weighted by molar-refractivity contribution is 5.77. The molecule has 1 unspecified atom stereocenters. The van der Waals surface area contributed by atoms with Crippen LogP contribution in [0.25, 0.3) is 11.0 Å². The predicted molar refractivity (Wildman–Crippen MR) is 99.2 cm³/mol. The quantitative estimate of drug-likeness (QED) is 0.760. The molecule has 3 heterocycles. The third-order valence-corrected chi connectivity index (χ3v) is 5.10. The molecular weight excluding hydrogens is 346 g/mol. The van der Waals surface area contributed by atoms with Crippen LogP contribution in [0.5, 0.6) is 0 Å². The Balaban J connectivity index is 1.56. The summed E-state index contributed by atoms with van der Waals surface area (Å²) in [5, 5.41) is 7.51. The first-order valence-electron chi connectivity index (χ1n) is 8.99. The summed E-state index contributed by atoms with van der Waals surface area (Å²) in [6, 6.07) is 1.87. The Labute approximate surface area is 156 Å². The number of hydrogen-bond acceptors (Lipinski definition) is 5. The fourth-order valence-electron chi connectivity index (χ4n) is 3.89. The molecule has 0 bridgehead atoms. The number of aryl methyl sites for hydroxylation is 2. The second-order valence-corrected chi connectivity index (χ2v) is 8.08. The van der Waals surface area contributed by atoms with Crippen molar-refractivity contribution < 1.29 is 9.21 Å². The van der Waals surface area contributed by atoms with Gasteiger partial charge in [-0.1, -0.05) is 13.8 Å². The highest BCUT2D eigenvalue weighted by Crippen LogP contribution is 2.41. The van der Waals surface area contributed by atoms with Crippen LogP contribution in [0.1, 0.15) is 43.4 Å². The lowest BCUT2D eigenvalue weighted by molar-refractivity contribution is -0.122. The number of fused-ring (bicyclic) bond motifs is 2. The molecule has 1 aliphatic carbocycles. The number of nitrogens with zero attached hydrogens (tertiary/aromatic N) is 4. The zero-order chi connectivity index (χ0) is 19.3. The van der Waals surface area contributed by atoms with Gasteiger partial charge in [0, 0.05) is 19.0 Å². The maximum absolute atomic E-state index is 12.7. The molecule has 3 aromatic heterocycles. The molecule has 1 atom stereocenters. The van der Waals surface area contributed by atoms with E-state index in [0.29, 0.717) is 11.0 Å². The lowest BCUT2D eigenvalue weighted by Crippen LogP contribution is -2.39. The maximum Gasteiger partial charge on any atom is 0.264 e. The van der Waals surface area contributed by atoms with Crippen molar-refractivity contribution in [3.05, 3.63) is 46.0 Å². The first kappa shape index (κ1) is 17.5. The molecule has 8 heteroatoms. The molecule has 4 rings (SSSR count). The second kappa shape index (κ2) is 6.07. The van der Waals surface area contributed by atoms with E-state index in [1.165, 1.54) is 21.8 Å². The van der Waals surface area contributed by atoms with Crippen molar-refractivity contribution in [1.29, 1.82) is 0 Å². The largest absolute Gasteiger partial charge is 0.466 e. The monoisotopic (exact) mass is 369 g/mol. The van der Waals surface area contributed by atoms with Gasteiger partial charge in [-0.15, -0.1) is 0 Å². The molecule has 0 radical (unpaired) electrons. The van der Waals surface area contributed by atoms with Gasteiger partial charge in [0.1, 0.15) is 29.8 Å². The van der Waals surface area contributed by atoms with Crippen LogP contribution in [0.15, 0.2) is 27.8 Å². The van der Waals surface area contributed by atoms with Gasteiger partial charge in [0.2, 0.25) is 5.91 Å². The summed E-state index contributed by atoms with van der Waals surface area (Å²) in [5.74, 6) is 1.55. The number of hydrogen-bond donors (Lipinski definition) is 1. The summed E-state index contributed by atoms with van der Waals surface area (Å²) in [6.07, 6.45) is 4.54. The molecule has 142 valence electrons. The van der Waals surface area contributed by atoms with E-state index >= 15 is 0 Å². The molecule has 0 aromatic carbocycles. The molecule has 0 saturated heterocycles. The Hall–Kier alpha value is -2.90. The zero-order valence-corrected chi connectivity index (χ0v) is 15.9. The minimum absolute atomic E-state index is 0.0300. The van der Waals surface area contributed by atoms with E-state index in [4.69, 9.17) is 4.42 Å². The Morgan fingerprint density at radius 1 is 1.44 bits per heavy atom. The molecule has 0 saturated carbocycles. The van der Waals surface area contributed by atoms with Crippen molar-refractivity contribution >= 4 is 16.9 Å². The zero-order valence-electron chi connectivity index (χ0n) is 15.9. The topological polar surface area (TPSA) is 94.9 Å². The van der Waals surface area contributed by atoms with Crippen LogP contribution in [0, 0.1) is 12.3 Å².